The smallest absolute Gasteiger partial charge is 0.251 e. The van der Waals surface area contributed by atoms with Crippen LogP contribution in [0.25, 0.3) is 28.2 Å². The highest BCUT2D eigenvalue weighted by Gasteiger charge is 2.25. The van der Waals surface area contributed by atoms with Crippen molar-refractivity contribution >= 4 is 23.1 Å². The molecule has 0 saturated heterocycles. The Labute approximate surface area is 287 Å². The SMILES string of the molecule is COc1cc(OC)cc(-c2nc(C3=C(Cl)CCC=C3)c(-c3ccccc3C)n2Cc2ccc(C(=O)NCCOCCOCCN)cc2)c1. The van der Waals surface area contributed by atoms with Crippen molar-refractivity contribution in [2.75, 3.05) is 53.7 Å². The van der Waals surface area contributed by atoms with Gasteiger partial charge in [0, 0.05) is 53.0 Å². The summed E-state index contributed by atoms with van der Waals surface area (Å²) in [6.45, 7) is 5.30. The first-order chi connectivity index (χ1) is 23.4. The number of imidazole rings is 1. The van der Waals surface area contributed by atoms with Crippen LogP contribution >= 0.6 is 11.6 Å². The molecule has 3 aromatic carbocycles. The Kier molecular flexibility index (Phi) is 12.5. The molecule has 0 saturated carbocycles. The minimum absolute atomic E-state index is 0.162. The summed E-state index contributed by atoms with van der Waals surface area (Å²) < 4.78 is 24.3. The van der Waals surface area contributed by atoms with Gasteiger partial charge in [-0.15, -0.1) is 0 Å². The monoisotopic (exact) mass is 670 g/mol. The highest BCUT2D eigenvalue weighted by molar-refractivity contribution is 6.33. The van der Waals surface area contributed by atoms with E-state index in [1.165, 1.54) is 0 Å². The van der Waals surface area contributed by atoms with Crippen LogP contribution in [-0.2, 0) is 16.0 Å². The molecule has 3 N–H and O–H groups in total. The van der Waals surface area contributed by atoms with Crippen LogP contribution in [0, 0.1) is 6.92 Å². The van der Waals surface area contributed by atoms with Gasteiger partial charge in [0.15, 0.2) is 0 Å². The van der Waals surface area contributed by atoms with Gasteiger partial charge in [0.25, 0.3) is 5.91 Å². The van der Waals surface area contributed by atoms with Crippen molar-refractivity contribution in [3.8, 4) is 34.1 Å². The zero-order chi connectivity index (χ0) is 33.9. The number of allylic oxidation sites excluding steroid dienone is 4. The highest BCUT2D eigenvalue weighted by Crippen LogP contribution is 2.41. The standard InChI is InChI=1S/C38H43ClN4O5/c1-26-8-4-5-9-32(26)36-35(33-10-6-7-11-34(33)39)42-37(29-22-30(45-2)24-31(23-29)46-3)43(36)25-27-12-14-28(15-13-27)38(44)41-17-19-48-21-20-47-18-16-40/h4-6,8-10,12-15,22-24H,7,11,16-21,25,40H2,1-3H3,(H,41,44). The van der Waals surface area contributed by atoms with Crippen LogP contribution in [-0.4, -0.2) is 69.2 Å². The van der Waals surface area contributed by atoms with Crippen molar-refractivity contribution in [2.24, 2.45) is 5.73 Å². The lowest BCUT2D eigenvalue weighted by atomic mass is 9.97. The average molecular weight is 671 g/mol. The first kappa shape index (κ1) is 34.9. The van der Waals surface area contributed by atoms with Crippen LogP contribution in [0.5, 0.6) is 11.5 Å². The number of methoxy groups -OCH3 is 2. The van der Waals surface area contributed by atoms with E-state index in [9.17, 15) is 4.79 Å². The van der Waals surface area contributed by atoms with E-state index in [1.54, 1.807) is 14.2 Å². The quantitative estimate of drug-likeness (QED) is 0.129. The number of rotatable bonds is 16. The molecule has 0 radical (unpaired) electrons. The van der Waals surface area contributed by atoms with E-state index in [-0.39, 0.29) is 5.91 Å². The van der Waals surface area contributed by atoms with Crippen molar-refractivity contribution in [3.63, 3.8) is 0 Å². The van der Waals surface area contributed by atoms with Crippen molar-refractivity contribution in [3.05, 3.63) is 106 Å². The molecule has 1 heterocycles. The fourth-order valence-electron chi connectivity index (χ4n) is 5.60. The molecule has 252 valence electrons. The number of carbonyl (C=O) groups excluding carboxylic acids is 1. The predicted molar refractivity (Wildman–Crippen MR) is 191 cm³/mol. The van der Waals surface area contributed by atoms with Crippen LogP contribution in [0.4, 0.5) is 0 Å². The number of hydrogen-bond donors (Lipinski definition) is 2. The second kappa shape index (κ2) is 17.1. The molecule has 5 rings (SSSR count). The topological polar surface area (TPSA) is 110 Å². The van der Waals surface area contributed by atoms with Crippen LogP contribution in [0.2, 0.25) is 0 Å². The van der Waals surface area contributed by atoms with Crippen molar-refractivity contribution in [1.82, 2.24) is 14.9 Å². The third-order valence-corrected chi connectivity index (χ3v) is 8.46. The Hall–Kier alpha value is -4.41. The number of nitrogens with zero attached hydrogens (tertiary/aromatic N) is 2. The van der Waals surface area contributed by atoms with Gasteiger partial charge in [-0.25, -0.2) is 4.98 Å². The number of halogens is 1. The maximum Gasteiger partial charge on any atom is 0.251 e. The number of ether oxygens (including phenoxy) is 4. The third kappa shape index (κ3) is 8.54. The number of carbonyl (C=O) groups is 1. The molecule has 1 aromatic heterocycles. The maximum atomic E-state index is 12.9. The fourth-order valence-corrected chi connectivity index (χ4v) is 5.86. The molecule has 0 unspecified atom stereocenters. The number of benzene rings is 3. The molecule has 9 nitrogen and oxygen atoms in total. The molecule has 1 aliphatic rings. The van der Waals surface area contributed by atoms with E-state index in [2.05, 4.69) is 41.1 Å². The maximum absolute atomic E-state index is 12.9. The van der Waals surface area contributed by atoms with Gasteiger partial charge in [0.05, 0.1) is 52.0 Å². The molecule has 48 heavy (non-hydrogen) atoms. The Morgan fingerprint density at radius 2 is 1.67 bits per heavy atom. The summed E-state index contributed by atoms with van der Waals surface area (Å²) >= 11 is 6.89. The summed E-state index contributed by atoms with van der Waals surface area (Å²) in [5.41, 5.74) is 12.7. The minimum atomic E-state index is -0.162. The summed E-state index contributed by atoms with van der Waals surface area (Å²) in [7, 11) is 3.27. The summed E-state index contributed by atoms with van der Waals surface area (Å²) in [6.07, 6.45) is 5.86. The Morgan fingerprint density at radius 3 is 2.33 bits per heavy atom. The van der Waals surface area contributed by atoms with Gasteiger partial charge < -0.3 is 34.6 Å². The second-order valence-corrected chi connectivity index (χ2v) is 11.8. The predicted octanol–water partition coefficient (Wildman–Crippen LogP) is 6.61. The molecule has 1 amide bonds. The number of aryl methyl sites for hydroxylation is 1. The van der Waals surface area contributed by atoms with Gasteiger partial charge in [-0.05, 0) is 55.2 Å². The largest absolute Gasteiger partial charge is 0.497 e. The van der Waals surface area contributed by atoms with E-state index in [0.717, 1.165) is 62.9 Å². The lowest BCUT2D eigenvalue weighted by Gasteiger charge is -2.17. The first-order valence-corrected chi connectivity index (χ1v) is 16.5. The van der Waals surface area contributed by atoms with Gasteiger partial charge in [0.1, 0.15) is 17.3 Å². The Balaban J connectivity index is 1.50. The highest BCUT2D eigenvalue weighted by atomic mass is 35.5. The molecule has 0 aliphatic heterocycles. The van der Waals surface area contributed by atoms with Gasteiger partial charge >= 0.3 is 0 Å². The third-order valence-electron chi connectivity index (χ3n) is 8.06. The lowest BCUT2D eigenvalue weighted by Crippen LogP contribution is -2.27. The van der Waals surface area contributed by atoms with Gasteiger partial charge in [0.2, 0.25) is 0 Å². The summed E-state index contributed by atoms with van der Waals surface area (Å²) in [4.78, 5) is 18.2. The van der Waals surface area contributed by atoms with Gasteiger partial charge in [-0.3, -0.25) is 4.79 Å². The van der Waals surface area contributed by atoms with Crippen molar-refractivity contribution < 1.29 is 23.7 Å². The lowest BCUT2D eigenvalue weighted by molar-refractivity contribution is 0.0511. The van der Waals surface area contributed by atoms with Gasteiger partial charge in [-0.2, -0.15) is 0 Å². The molecule has 0 atom stereocenters. The van der Waals surface area contributed by atoms with Crippen molar-refractivity contribution in [2.45, 2.75) is 26.3 Å². The summed E-state index contributed by atoms with van der Waals surface area (Å²) in [6, 6.07) is 21.7. The van der Waals surface area contributed by atoms with Crippen molar-refractivity contribution in [1.29, 1.82) is 0 Å². The molecule has 4 aromatic rings. The summed E-state index contributed by atoms with van der Waals surface area (Å²) in [5, 5.41) is 3.70. The number of nitrogens with two attached hydrogens (primary N) is 1. The normalized spacial score (nSPS) is 12.8. The molecule has 0 fully saturated rings. The number of amides is 1. The van der Waals surface area contributed by atoms with Crippen LogP contribution < -0.4 is 20.5 Å². The van der Waals surface area contributed by atoms with Crippen LogP contribution in [0.1, 0.15) is 40.0 Å². The second-order valence-electron chi connectivity index (χ2n) is 11.4. The molecule has 0 bridgehead atoms. The zero-order valence-corrected chi connectivity index (χ0v) is 28.5. The number of aromatic nitrogens is 2. The molecule has 10 heteroatoms. The Bertz CT molecular complexity index is 1740. The zero-order valence-electron chi connectivity index (χ0n) is 27.8. The van der Waals surface area contributed by atoms with Gasteiger partial charge in [-0.1, -0.05) is 60.2 Å². The molecular formula is C38H43ClN4O5. The van der Waals surface area contributed by atoms with Crippen LogP contribution in [0.3, 0.4) is 0 Å². The first-order valence-electron chi connectivity index (χ1n) is 16.1. The van der Waals surface area contributed by atoms with E-state index >= 15 is 0 Å². The van der Waals surface area contributed by atoms with E-state index < -0.39 is 0 Å². The number of nitrogens with one attached hydrogen (secondary N) is 1. The van der Waals surface area contributed by atoms with E-state index in [0.29, 0.717) is 63.1 Å². The fraction of sp³-hybridized carbons (Fsp3) is 0.316. The van der Waals surface area contributed by atoms with Crippen LogP contribution in [0.15, 0.2) is 83.9 Å². The molecule has 1 aliphatic carbocycles. The Morgan fingerprint density at radius 1 is 0.958 bits per heavy atom. The number of hydrogen-bond acceptors (Lipinski definition) is 7. The molecular weight excluding hydrogens is 628 g/mol. The summed E-state index contributed by atoms with van der Waals surface area (Å²) in [5.74, 6) is 1.90. The van der Waals surface area contributed by atoms with E-state index in [1.807, 2.05) is 54.6 Å². The molecule has 0 spiro atoms. The minimum Gasteiger partial charge on any atom is -0.497 e. The average Bonchev–Trinajstić information content (AvgIpc) is 3.48. The van der Waals surface area contributed by atoms with E-state index in [4.69, 9.17) is 41.3 Å².